The summed E-state index contributed by atoms with van der Waals surface area (Å²) < 4.78 is 29.9. The van der Waals surface area contributed by atoms with Gasteiger partial charge in [0.2, 0.25) is 10.0 Å². The maximum Gasteiger partial charge on any atom is 0.322 e. The van der Waals surface area contributed by atoms with Crippen molar-refractivity contribution >= 4 is 27.6 Å². The van der Waals surface area contributed by atoms with E-state index < -0.39 is 22.0 Å². The molecule has 1 aromatic heterocycles. The zero-order valence-corrected chi connectivity index (χ0v) is 26.9. The minimum Gasteiger partial charge on any atom is -0.480 e. The number of sulfonamides is 1. The van der Waals surface area contributed by atoms with Gasteiger partial charge in [-0.15, -0.1) is 0 Å². The van der Waals surface area contributed by atoms with Crippen molar-refractivity contribution in [1.29, 1.82) is 0 Å². The zero-order chi connectivity index (χ0) is 32.0. The fourth-order valence-corrected chi connectivity index (χ4v) is 6.71. The molecule has 7 nitrogen and oxygen atoms in total. The molecule has 0 spiro atoms. The molecular weight excluding hydrogens is 606 g/mol. The number of aliphatic carboxylic acids is 1. The largest absolute Gasteiger partial charge is 0.480 e. The van der Waals surface area contributed by atoms with Gasteiger partial charge in [0.05, 0.1) is 22.0 Å². The number of carboxylic acids is 1. The average Bonchev–Trinajstić information content (AvgIpc) is 3.50. The van der Waals surface area contributed by atoms with Crippen LogP contribution in [0.25, 0.3) is 28.2 Å². The van der Waals surface area contributed by atoms with E-state index in [1.54, 1.807) is 41.1 Å². The minimum absolute atomic E-state index is 0.00359. The highest BCUT2D eigenvalue weighted by atomic mass is 35.5. The maximum atomic E-state index is 13.6. The molecule has 4 aromatic carbocycles. The molecule has 0 saturated heterocycles. The normalized spacial score (nSPS) is 12.4. The third-order valence-electron chi connectivity index (χ3n) is 7.92. The molecule has 0 aliphatic rings. The van der Waals surface area contributed by atoms with Gasteiger partial charge in [0.25, 0.3) is 0 Å². The van der Waals surface area contributed by atoms with Crippen LogP contribution in [-0.4, -0.2) is 46.7 Å². The molecule has 0 aliphatic heterocycles. The average molecular weight is 642 g/mol. The smallest absolute Gasteiger partial charge is 0.322 e. The molecule has 1 atom stereocenters. The van der Waals surface area contributed by atoms with Crippen LogP contribution < -0.4 is 0 Å². The predicted octanol–water partition coefficient (Wildman–Crippen LogP) is 7.91. The molecule has 0 amide bonds. The highest BCUT2D eigenvalue weighted by molar-refractivity contribution is 7.89. The lowest BCUT2D eigenvalue weighted by Gasteiger charge is -2.24. The van der Waals surface area contributed by atoms with E-state index in [-0.39, 0.29) is 11.3 Å². The van der Waals surface area contributed by atoms with Gasteiger partial charge >= 0.3 is 5.97 Å². The van der Waals surface area contributed by atoms with Crippen molar-refractivity contribution in [2.45, 2.75) is 50.0 Å². The SMILES string of the molecule is CCCCCc1ccc(-c2cc(-c3ccc(Cl)cc3)nn2-c2ccc(S(=O)(=O)N(C)[C@@H](Cc3ccccc3)C(=O)O)cc2)cc1. The number of hydrogen-bond acceptors (Lipinski definition) is 4. The lowest BCUT2D eigenvalue weighted by molar-refractivity contribution is -0.141. The molecule has 9 heteroatoms. The van der Waals surface area contributed by atoms with Gasteiger partial charge in [-0.2, -0.15) is 9.40 Å². The van der Waals surface area contributed by atoms with Crippen LogP contribution in [0.4, 0.5) is 0 Å². The van der Waals surface area contributed by atoms with E-state index >= 15 is 0 Å². The second-order valence-corrected chi connectivity index (χ2v) is 13.5. The van der Waals surface area contributed by atoms with Crippen LogP contribution in [0.5, 0.6) is 0 Å². The molecule has 0 unspecified atom stereocenters. The minimum atomic E-state index is -4.11. The summed E-state index contributed by atoms with van der Waals surface area (Å²) in [6.45, 7) is 2.20. The molecule has 1 heterocycles. The lowest BCUT2D eigenvalue weighted by atomic mass is 10.0. The van der Waals surface area contributed by atoms with E-state index in [0.29, 0.717) is 10.7 Å². The van der Waals surface area contributed by atoms with Crippen molar-refractivity contribution in [2.75, 3.05) is 7.05 Å². The van der Waals surface area contributed by atoms with Gasteiger partial charge in [0.15, 0.2) is 0 Å². The van der Waals surface area contributed by atoms with Gasteiger partial charge in [0.1, 0.15) is 6.04 Å². The van der Waals surface area contributed by atoms with E-state index in [1.165, 1.54) is 37.6 Å². The quantitative estimate of drug-likeness (QED) is 0.132. The molecule has 5 aromatic rings. The van der Waals surface area contributed by atoms with Gasteiger partial charge < -0.3 is 5.11 Å². The van der Waals surface area contributed by atoms with Crippen molar-refractivity contribution in [3.63, 3.8) is 0 Å². The summed E-state index contributed by atoms with van der Waals surface area (Å²) in [4.78, 5) is 12.1. The first-order valence-electron chi connectivity index (χ1n) is 15.0. The molecule has 1 N–H and O–H groups in total. The first kappa shape index (κ1) is 32.2. The van der Waals surface area contributed by atoms with Crippen molar-refractivity contribution in [2.24, 2.45) is 0 Å². The molecule has 5 rings (SSSR count). The number of hydrogen-bond donors (Lipinski definition) is 1. The lowest BCUT2D eigenvalue weighted by Crippen LogP contribution is -2.43. The second-order valence-electron chi connectivity index (χ2n) is 11.0. The predicted molar refractivity (Wildman–Crippen MR) is 179 cm³/mol. The first-order chi connectivity index (χ1) is 21.7. The number of benzene rings is 4. The van der Waals surface area contributed by atoms with Crippen LogP contribution in [0.1, 0.15) is 37.3 Å². The van der Waals surface area contributed by atoms with Crippen LogP contribution in [0.2, 0.25) is 5.02 Å². The highest BCUT2D eigenvalue weighted by Crippen LogP contribution is 2.31. The Morgan fingerprint density at radius 1 is 0.867 bits per heavy atom. The van der Waals surface area contributed by atoms with E-state index in [9.17, 15) is 18.3 Å². The highest BCUT2D eigenvalue weighted by Gasteiger charge is 2.33. The van der Waals surface area contributed by atoms with Crippen molar-refractivity contribution in [3.05, 3.63) is 125 Å². The summed E-state index contributed by atoms with van der Waals surface area (Å²) in [5.74, 6) is -1.21. The number of aromatic nitrogens is 2. The number of carboxylic acid groups (broad SMARTS) is 1. The number of unbranched alkanes of at least 4 members (excludes halogenated alkanes) is 2. The van der Waals surface area contributed by atoms with Crippen LogP contribution in [0.15, 0.2) is 114 Å². The maximum absolute atomic E-state index is 13.6. The van der Waals surface area contributed by atoms with Crippen LogP contribution in [0.3, 0.4) is 0 Å². The van der Waals surface area contributed by atoms with Gasteiger partial charge in [-0.05, 0) is 72.9 Å². The third kappa shape index (κ3) is 7.53. The van der Waals surface area contributed by atoms with Crippen LogP contribution >= 0.6 is 11.6 Å². The molecular formula is C36H36ClN3O4S. The van der Waals surface area contributed by atoms with Gasteiger partial charge in [-0.3, -0.25) is 4.79 Å². The van der Waals surface area contributed by atoms with Crippen molar-refractivity contribution < 1.29 is 18.3 Å². The number of carbonyl (C=O) groups is 1. The fourth-order valence-electron chi connectivity index (χ4n) is 5.27. The topological polar surface area (TPSA) is 92.5 Å². The second kappa shape index (κ2) is 14.2. The summed E-state index contributed by atoms with van der Waals surface area (Å²) in [6, 6.07) is 32.0. The van der Waals surface area contributed by atoms with E-state index in [0.717, 1.165) is 45.2 Å². The van der Waals surface area contributed by atoms with Gasteiger partial charge in [0, 0.05) is 23.2 Å². The Kier molecular flexibility index (Phi) is 10.2. The zero-order valence-electron chi connectivity index (χ0n) is 25.3. The Labute approximate surface area is 269 Å². The van der Waals surface area contributed by atoms with E-state index in [4.69, 9.17) is 16.7 Å². The summed E-state index contributed by atoms with van der Waals surface area (Å²) in [7, 11) is -2.80. The Morgan fingerprint density at radius 2 is 1.51 bits per heavy atom. The molecule has 0 saturated carbocycles. The number of halogens is 1. The number of rotatable bonds is 13. The Morgan fingerprint density at radius 3 is 2.13 bits per heavy atom. The molecule has 0 bridgehead atoms. The van der Waals surface area contributed by atoms with E-state index in [1.807, 2.05) is 36.4 Å². The third-order valence-corrected chi connectivity index (χ3v) is 10.1. The molecule has 0 radical (unpaired) electrons. The van der Waals surface area contributed by atoms with Crippen LogP contribution in [0, 0.1) is 0 Å². The van der Waals surface area contributed by atoms with Gasteiger partial charge in [-0.25, -0.2) is 13.1 Å². The molecule has 45 heavy (non-hydrogen) atoms. The summed E-state index contributed by atoms with van der Waals surface area (Å²) >= 11 is 6.13. The van der Waals surface area contributed by atoms with Crippen LogP contribution in [-0.2, 0) is 27.7 Å². The number of aryl methyl sites for hydroxylation is 1. The summed E-state index contributed by atoms with van der Waals surface area (Å²) in [6.07, 6.45) is 4.60. The first-order valence-corrected chi connectivity index (χ1v) is 16.8. The number of nitrogens with zero attached hydrogens (tertiary/aromatic N) is 3. The standard InChI is InChI=1S/C36H36ClN3O4S/c1-3-4-6-9-26-12-14-29(15-13-26)34-25-33(28-16-18-30(37)19-17-28)38-40(34)31-20-22-32(23-21-31)45(43,44)39(2)35(36(41)42)24-27-10-7-5-8-11-27/h5,7-8,10-23,25,35H,3-4,6,9,24H2,1-2H3,(H,41,42)/t35-/m0/s1. The fraction of sp³-hybridized carbons (Fsp3) is 0.222. The number of likely N-dealkylation sites (N-methyl/N-ethyl adjacent to an activating group) is 1. The Hall–Kier alpha value is -4.24. The summed E-state index contributed by atoms with van der Waals surface area (Å²) in [5, 5.41) is 15.4. The van der Waals surface area contributed by atoms with Crippen molar-refractivity contribution in [1.82, 2.24) is 14.1 Å². The molecule has 0 fully saturated rings. The van der Waals surface area contributed by atoms with Gasteiger partial charge in [-0.1, -0.05) is 98.1 Å². The van der Waals surface area contributed by atoms with E-state index in [2.05, 4.69) is 31.2 Å². The van der Waals surface area contributed by atoms with Crippen molar-refractivity contribution in [3.8, 4) is 28.2 Å². The Bertz CT molecular complexity index is 1840. The Balaban J connectivity index is 1.47. The monoisotopic (exact) mass is 641 g/mol. The summed E-state index contributed by atoms with van der Waals surface area (Å²) in [5.41, 5.74) is 6.15. The molecule has 0 aliphatic carbocycles. The molecule has 232 valence electrons.